The van der Waals surface area contributed by atoms with Crippen LogP contribution in [-0.2, 0) is 4.74 Å². The van der Waals surface area contributed by atoms with Gasteiger partial charge in [-0.1, -0.05) is 12.8 Å². The van der Waals surface area contributed by atoms with E-state index >= 15 is 0 Å². The Hall–Kier alpha value is -1.35. The Bertz CT molecular complexity index is 906. The average Bonchev–Trinajstić information content (AvgIpc) is 3.41. The highest BCUT2D eigenvalue weighted by Gasteiger charge is 2.53. The summed E-state index contributed by atoms with van der Waals surface area (Å²) in [6.45, 7) is 0.907. The second-order valence-corrected chi connectivity index (χ2v) is 12.5. The van der Waals surface area contributed by atoms with Gasteiger partial charge in [0.25, 0.3) is 0 Å². The minimum Gasteiger partial charge on any atom is -0.381 e. The largest absolute Gasteiger partial charge is 0.405 e. The number of methoxy groups -OCH3 is 1. The highest BCUT2D eigenvalue weighted by molar-refractivity contribution is 5.80. The first-order valence-corrected chi connectivity index (χ1v) is 14.5. The van der Waals surface area contributed by atoms with E-state index in [1.165, 1.54) is 0 Å². The van der Waals surface area contributed by atoms with Gasteiger partial charge in [-0.25, -0.2) is 0 Å². The molecular formula is C26H43F6N7O. The van der Waals surface area contributed by atoms with Crippen LogP contribution in [0.3, 0.4) is 0 Å². The van der Waals surface area contributed by atoms with E-state index in [0.717, 1.165) is 19.3 Å². The maximum atomic E-state index is 13.9. The second kappa shape index (κ2) is 11.4. The minimum atomic E-state index is -4.29. The quantitative estimate of drug-likeness (QED) is 0.371. The van der Waals surface area contributed by atoms with Crippen molar-refractivity contribution in [3.8, 4) is 0 Å². The monoisotopic (exact) mass is 583 g/mol. The number of ether oxygens (including phenoxy) is 1. The van der Waals surface area contributed by atoms with Crippen LogP contribution >= 0.6 is 0 Å². The zero-order chi connectivity index (χ0) is 29.0. The fourth-order valence-corrected chi connectivity index (χ4v) is 8.03. The molecule has 10 atom stereocenters. The lowest BCUT2D eigenvalue weighted by molar-refractivity contribution is -0.201. The van der Waals surface area contributed by atoms with E-state index in [1.54, 1.807) is 19.1 Å². The molecule has 0 aromatic rings. The predicted molar refractivity (Wildman–Crippen MR) is 137 cm³/mol. The smallest absolute Gasteiger partial charge is 0.381 e. The molecule has 3 saturated heterocycles. The normalized spacial score (nSPS) is 42.0. The van der Waals surface area contributed by atoms with Crippen molar-refractivity contribution in [2.24, 2.45) is 23.7 Å². The van der Waals surface area contributed by atoms with Gasteiger partial charge in [-0.15, -0.1) is 0 Å². The summed E-state index contributed by atoms with van der Waals surface area (Å²) in [7, 11) is 5.17. The summed E-state index contributed by atoms with van der Waals surface area (Å²) in [6, 6.07) is -1.64. The van der Waals surface area contributed by atoms with Crippen LogP contribution in [0.2, 0.25) is 0 Å². The van der Waals surface area contributed by atoms with E-state index in [1.807, 2.05) is 16.8 Å². The second-order valence-electron chi connectivity index (χ2n) is 12.5. The summed E-state index contributed by atoms with van der Waals surface area (Å²) in [6.07, 6.45) is -5.81. The Labute approximate surface area is 232 Å². The molecule has 5 aliphatic rings. The van der Waals surface area contributed by atoms with Crippen LogP contribution < -0.4 is 16.0 Å². The number of halogens is 6. The SMILES string of the molecule is COC1CC(C2NC(C(F)(F)F)CN2C)CCC1CN1C(=N)N(C)C2CNC(C3CCCCC3C(F)(F)F)NC21. The Morgan fingerprint density at radius 3 is 2.33 bits per heavy atom. The lowest BCUT2D eigenvalue weighted by atomic mass is 9.76. The van der Waals surface area contributed by atoms with E-state index in [0.29, 0.717) is 38.3 Å². The summed E-state index contributed by atoms with van der Waals surface area (Å²) in [4.78, 5) is 5.57. The van der Waals surface area contributed by atoms with Crippen LogP contribution in [0.4, 0.5) is 26.3 Å². The molecule has 3 aliphatic heterocycles. The first-order chi connectivity index (χ1) is 18.8. The van der Waals surface area contributed by atoms with Crippen LogP contribution in [0, 0.1) is 29.1 Å². The Balaban J connectivity index is 1.25. The third-order valence-electron chi connectivity index (χ3n) is 10.2. The Morgan fingerprint density at radius 2 is 1.68 bits per heavy atom. The number of rotatable bonds is 5. The first-order valence-electron chi connectivity index (χ1n) is 14.5. The molecule has 2 aliphatic carbocycles. The number of alkyl halides is 6. The first kappa shape index (κ1) is 30.1. The molecule has 14 heteroatoms. The third kappa shape index (κ3) is 5.80. The van der Waals surface area contributed by atoms with Gasteiger partial charge in [-0.05, 0) is 51.0 Å². The molecule has 8 nitrogen and oxygen atoms in total. The van der Waals surface area contributed by atoms with Gasteiger partial charge in [0.1, 0.15) is 12.2 Å². The van der Waals surface area contributed by atoms with E-state index in [-0.39, 0.29) is 49.3 Å². The lowest BCUT2D eigenvalue weighted by Gasteiger charge is -2.46. The number of hydrogen-bond donors (Lipinski definition) is 4. The molecule has 230 valence electrons. The number of nitrogens with zero attached hydrogens (tertiary/aromatic N) is 3. The summed E-state index contributed by atoms with van der Waals surface area (Å²) < 4.78 is 87.4. The van der Waals surface area contributed by atoms with Gasteiger partial charge in [0.2, 0.25) is 0 Å². The maximum absolute atomic E-state index is 13.9. The molecule has 4 N–H and O–H groups in total. The van der Waals surface area contributed by atoms with E-state index in [9.17, 15) is 26.3 Å². The Kier molecular flexibility index (Phi) is 8.57. The van der Waals surface area contributed by atoms with Gasteiger partial charge < -0.3 is 14.5 Å². The van der Waals surface area contributed by atoms with Gasteiger partial charge in [0.15, 0.2) is 5.96 Å². The van der Waals surface area contributed by atoms with Crippen molar-refractivity contribution in [3.05, 3.63) is 0 Å². The van der Waals surface area contributed by atoms with Crippen molar-refractivity contribution in [2.45, 2.75) is 94.0 Å². The molecule has 3 heterocycles. The molecule has 0 bridgehead atoms. The van der Waals surface area contributed by atoms with Crippen molar-refractivity contribution >= 4 is 5.96 Å². The highest BCUT2D eigenvalue weighted by atomic mass is 19.4. The molecule has 10 unspecified atom stereocenters. The van der Waals surface area contributed by atoms with Crippen LogP contribution in [0.15, 0.2) is 0 Å². The molecule has 5 rings (SSSR count). The van der Waals surface area contributed by atoms with E-state index < -0.39 is 36.4 Å². The van der Waals surface area contributed by atoms with Gasteiger partial charge in [0.05, 0.1) is 30.4 Å². The minimum absolute atomic E-state index is 0.000934. The van der Waals surface area contributed by atoms with Crippen molar-refractivity contribution in [1.82, 2.24) is 30.7 Å². The number of fused-ring (bicyclic) bond motifs is 1. The van der Waals surface area contributed by atoms with Crippen molar-refractivity contribution in [2.75, 3.05) is 40.8 Å². The highest BCUT2D eigenvalue weighted by Crippen LogP contribution is 2.44. The molecule has 0 spiro atoms. The zero-order valence-corrected chi connectivity index (χ0v) is 23.4. The molecule has 5 fully saturated rings. The molecule has 2 saturated carbocycles. The van der Waals surface area contributed by atoms with E-state index in [2.05, 4.69) is 16.0 Å². The zero-order valence-electron chi connectivity index (χ0n) is 23.4. The molecule has 0 amide bonds. The number of nitrogens with one attached hydrogen (secondary N) is 4. The third-order valence-corrected chi connectivity index (χ3v) is 10.2. The molecular weight excluding hydrogens is 540 g/mol. The average molecular weight is 584 g/mol. The van der Waals surface area contributed by atoms with Gasteiger partial charge in [-0.3, -0.25) is 26.3 Å². The topological polar surface area (TPSA) is 78.9 Å². The van der Waals surface area contributed by atoms with Crippen molar-refractivity contribution < 1.29 is 31.1 Å². The van der Waals surface area contributed by atoms with E-state index in [4.69, 9.17) is 10.1 Å². The predicted octanol–water partition coefficient (Wildman–Crippen LogP) is 2.97. The lowest BCUT2D eigenvalue weighted by Crippen LogP contribution is -2.68. The maximum Gasteiger partial charge on any atom is 0.405 e. The van der Waals surface area contributed by atoms with Crippen LogP contribution in [-0.4, -0.2) is 111 Å². The van der Waals surface area contributed by atoms with Gasteiger partial charge in [0, 0.05) is 39.7 Å². The number of likely N-dealkylation sites (N-methyl/N-ethyl adjacent to an activating group) is 2. The van der Waals surface area contributed by atoms with Crippen molar-refractivity contribution in [3.63, 3.8) is 0 Å². The fourth-order valence-electron chi connectivity index (χ4n) is 8.03. The number of hydrogen-bond acceptors (Lipinski definition) is 6. The molecule has 0 radical (unpaired) electrons. The molecule has 40 heavy (non-hydrogen) atoms. The summed E-state index contributed by atoms with van der Waals surface area (Å²) in [5.74, 6) is -1.54. The summed E-state index contributed by atoms with van der Waals surface area (Å²) >= 11 is 0. The standard InChI is InChI=1S/C26H43F6N7O/c1-37-13-20(26(30,31)32)35-22(37)14-8-9-15(19(10-14)40-3)12-39-23-18(38(2)24(39)33)11-34-21(36-23)16-6-4-5-7-17(16)25(27,28)29/h14-23,33-36H,4-13H2,1-3H3. The molecule has 0 aromatic heterocycles. The van der Waals surface area contributed by atoms with Crippen molar-refractivity contribution in [1.29, 1.82) is 5.41 Å². The summed E-state index contributed by atoms with van der Waals surface area (Å²) in [5.41, 5.74) is 0. The van der Waals surface area contributed by atoms with Gasteiger partial charge >= 0.3 is 12.4 Å². The van der Waals surface area contributed by atoms with Crippen LogP contribution in [0.1, 0.15) is 44.9 Å². The van der Waals surface area contributed by atoms with Gasteiger partial charge in [-0.2, -0.15) is 26.3 Å². The van der Waals surface area contributed by atoms with Crippen LogP contribution in [0.25, 0.3) is 0 Å². The van der Waals surface area contributed by atoms with Crippen LogP contribution in [0.5, 0.6) is 0 Å². The summed E-state index contributed by atoms with van der Waals surface area (Å²) in [5, 5.41) is 18.4. The fraction of sp³-hybridized carbons (Fsp3) is 0.962. The number of guanidine groups is 1. The molecule has 0 aromatic carbocycles. The Morgan fingerprint density at radius 1 is 0.950 bits per heavy atom.